The molecule has 0 fully saturated rings. The van der Waals surface area contributed by atoms with Crippen LogP contribution >= 0.6 is 0 Å². The minimum absolute atomic E-state index is 0.178. The minimum atomic E-state index is -3.71. The van der Waals surface area contributed by atoms with Gasteiger partial charge in [0.05, 0.1) is 19.5 Å². The van der Waals surface area contributed by atoms with E-state index in [0.717, 1.165) is 0 Å². The van der Waals surface area contributed by atoms with Gasteiger partial charge in [0, 0.05) is 24.3 Å². The number of amides is 1. The Balaban J connectivity index is 2.88. The summed E-state index contributed by atoms with van der Waals surface area (Å²) in [4.78, 5) is 23.3. The zero-order valence-electron chi connectivity index (χ0n) is 14.3. The van der Waals surface area contributed by atoms with Crippen LogP contribution in [0.15, 0.2) is 18.2 Å². The van der Waals surface area contributed by atoms with Gasteiger partial charge in [-0.25, -0.2) is 8.42 Å². The standard InChI is InChI=1S/C16H23NO6S/c1-11(8-22-3)17-16(19)10-24(20,21)9-14-7-13(12(2)18)5-6-15(14)23-4/h5-7,11H,8-10H2,1-4H3,(H,17,19)/t11-/m1/s1. The van der Waals surface area contributed by atoms with Gasteiger partial charge in [-0.3, -0.25) is 9.59 Å². The lowest BCUT2D eigenvalue weighted by Gasteiger charge is -2.14. The van der Waals surface area contributed by atoms with E-state index in [9.17, 15) is 18.0 Å². The fourth-order valence-corrected chi connectivity index (χ4v) is 3.49. The first-order valence-electron chi connectivity index (χ1n) is 7.35. The Morgan fingerprint density at radius 1 is 1.25 bits per heavy atom. The normalized spacial score (nSPS) is 12.5. The highest BCUT2D eigenvalue weighted by atomic mass is 32.2. The Labute approximate surface area is 142 Å². The van der Waals surface area contributed by atoms with Crippen LogP contribution in [-0.2, 0) is 25.1 Å². The second-order valence-electron chi connectivity index (χ2n) is 5.54. The second kappa shape index (κ2) is 8.79. The zero-order valence-corrected chi connectivity index (χ0v) is 15.1. The van der Waals surface area contributed by atoms with Crippen LogP contribution in [0.2, 0.25) is 0 Å². The fourth-order valence-electron chi connectivity index (χ4n) is 2.21. The van der Waals surface area contributed by atoms with Gasteiger partial charge >= 0.3 is 0 Å². The molecule has 1 aromatic carbocycles. The molecule has 0 saturated carbocycles. The largest absolute Gasteiger partial charge is 0.496 e. The summed E-state index contributed by atoms with van der Waals surface area (Å²) in [5.41, 5.74) is 0.738. The number of ether oxygens (including phenoxy) is 2. The van der Waals surface area contributed by atoms with Crippen LogP contribution < -0.4 is 10.1 Å². The average Bonchev–Trinajstić information content (AvgIpc) is 2.45. The van der Waals surface area contributed by atoms with Crippen molar-refractivity contribution in [3.63, 3.8) is 0 Å². The van der Waals surface area contributed by atoms with Gasteiger partial charge in [0.2, 0.25) is 5.91 Å². The Bertz CT molecular complexity index is 699. The molecule has 0 aliphatic carbocycles. The van der Waals surface area contributed by atoms with Gasteiger partial charge in [-0.2, -0.15) is 0 Å². The van der Waals surface area contributed by atoms with Crippen LogP contribution in [0.1, 0.15) is 29.8 Å². The maximum atomic E-state index is 12.3. The molecular weight excluding hydrogens is 334 g/mol. The summed E-state index contributed by atoms with van der Waals surface area (Å²) in [6.45, 7) is 3.40. The Morgan fingerprint density at radius 2 is 1.92 bits per heavy atom. The van der Waals surface area contributed by atoms with E-state index in [-0.39, 0.29) is 17.6 Å². The summed E-state index contributed by atoms with van der Waals surface area (Å²) >= 11 is 0. The van der Waals surface area contributed by atoms with E-state index in [0.29, 0.717) is 23.5 Å². The van der Waals surface area contributed by atoms with E-state index < -0.39 is 21.5 Å². The molecule has 0 bridgehead atoms. The summed E-state index contributed by atoms with van der Waals surface area (Å²) in [6, 6.07) is 4.30. The third-order valence-electron chi connectivity index (χ3n) is 3.24. The van der Waals surface area contributed by atoms with E-state index >= 15 is 0 Å². The van der Waals surface area contributed by atoms with E-state index in [1.807, 2.05) is 0 Å². The zero-order chi connectivity index (χ0) is 18.3. The number of benzene rings is 1. The fraction of sp³-hybridized carbons (Fsp3) is 0.500. The molecule has 1 rings (SSSR count). The van der Waals surface area contributed by atoms with Crippen molar-refractivity contribution in [2.75, 3.05) is 26.6 Å². The van der Waals surface area contributed by atoms with Crippen LogP contribution in [0, 0.1) is 0 Å². The average molecular weight is 357 g/mol. The van der Waals surface area contributed by atoms with Crippen LogP contribution in [0.3, 0.4) is 0 Å². The number of carbonyl (C=O) groups is 2. The van der Waals surface area contributed by atoms with Gasteiger partial charge < -0.3 is 14.8 Å². The molecule has 0 aromatic heterocycles. The molecule has 0 aliphatic heterocycles. The Kier molecular flexibility index (Phi) is 7.37. The molecule has 0 spiro atoms. The monoisotopic (exact) mass is 357 g/mol. The molecule has 8 heteroatoms. The van der Waals surface area contributed by atoms with Crippen molar-refractivity contribution in [2.24, 2.45) is 0 Å². The first-order chi connectivity index (χ1) is 11.2. The summed E-state index contributed by atoms with van der Waals surface area (Å²) in [6.07, 6.45) is 0. The summed E-state index contributed by atoms with van der Waals surface area (Å²) < 4.78 is 34.6. The molecule has 0 heterocycles. The molecule has 0 radical (unpaired) electrons. The molecular formula is C16H23NO6S. The third kappa shape index (κ3) is 6.29. The quantitative estimate of drug-likeness (QED) is 0.661. The second-order valence-corrected chi connectivity index (χ2v) is 7.60. The molecule has 1 amide bonds. The third-order valence-corrected chi connectivity index (χ3v) is 4.69. The number of nitrogens with one attached hydrogen (secondary N) is 1. The highest BCUT2D eigenvalue weighted by molar-refractivity contribution is 7.91. The summed E-state index contributed by atoms with van der Waals surface area (Å²) in [5, 5.41) is 2.55. The number of sulfone groups is 1. The lowest BCUT2D eigenvalue weighted by molar-refractivity contribution is -0.119. The molecule has 1 aromatic rings. The number of methoxy groups -OCH3 is 2. The smallest absolute Gasteiger partial charge is 0.235 e. The van der Waals surface area contributed by atoms with E-state index in [1.54, 1.807) is 19.1 Å². The van der Waals surface area contributed by atoms with Gasteiger partial charge in [-0.05, 0) is 32.0 Å². The lowest BCUT2D eigenvalue weighted by Crippen LogP contribution is -2.39. The molecule has 7 nitrogen and oxygen atoms in total. The number of ketones is 1. The molecule has 24 heavy (non-hydrogen) atoms. The molecule has 134 valence electrons. The first kappa shape index (κ1) is 20.1. The molecule has 1 N–H and O–H groups in total. The molecule has 0 saturated heterocycles. The minimum Gasteiger partial charge on any atom is -0.496 e. The van der Waals surface area contributed by atoms with E-state index in [4.69, 9.17) is 9.47 Å². The van der Waals surface area contributed by atoms with Gasteiger partial charge in [0.15, 0.2) is 15.6 Å². The van der Waals surface area contributed by atoms with Gasteiger partial charge in [0.1, 0.15) is 11.5 Å². The molecule has 0 unspecified atom stereocenters. The van der Waals surface area contributed by atoms with Crippen molar-refractivity contribution < 1.29 is 27.5 Å². The van der Waals surface area contributed by atoms with Crippen molar-refractivity contribution >= 4 is 21.5 Å². The van der Waals surface area contributed by atoms with Gasteiger partial charge in [-0.15, -0.1) is 0 Å². The topological polar surface area (TPSA) is 98.8 Å². The lowest BCUT2D eigenvalue weighted by atomic mass is 10.1. The number of hydrogen-bond donors (Lipinski definition) is 1. The number of carbonyl (C=O) groups excluding carboxylic acids is 2. The predicted molar refractivity (Wildman–Crippen MR) is 90.0 cm³/mol. The predicted octanol–water partition coefficient (Wildman–Crippen LogP) is 0.964. The maximum absolute atomic E-state index is 12.3. The maximum Gasteiger partial charge on any atom is 0.235 e. The van der Waals surface area contributed by atoms with Crippen molar-refractivity contribution in [3.05, 3.63) is 29.3 Å². The van der Waals surface area contributed by atoms with Crippen molar-refractivity contribution in [1.29, 1.82) is 0 Å². The number of hydrogen-bond acceptors (Lipinski definition) is 6. The van der Waals surface area contributed by atoms with Crippen molar-refractivity contribution in [3.8, 4) is 5.75 Å². The Hall–Kier alpha value is -1.93. The summed E-state index contributed by atoms with van der Waals surface area (Å²) in [5.74, 6) is -1.45. The van der Waals surface area contributed by atoms with Crippen LogP contribution in [0.5, 0.6) is 5.75 Å². The highest BCUT2D eigenvalue weighted by Crippen LogP contribution is 2.22. The van der Waals surface area contributed by atoms with Crippen molar-refractivity contribution in [1.82, 2.24) is 5.32 Å². The highest BCUT2D eigenvalue weighted by Gasteiger charge is 2.21. The van der Waals surface area contributed by atoms with Gasteiger partial charge in [0.25, 0.3) is 0 Å². The van der Waals surface area contributed by atoms with Crippen LogP contribution in [-0.4, -0.2) is 52.7 Å². The molecule has 0 aliphatic rings. The van der Waals surface area contributed by atoms with E-state index in [2.05, 4.69) is 5.32 Å². The summed E-state index contributed by atoms with van der Waals surface area (Å²) in [7, 11) is -0.805. The molecule has 1 atom stereocenters. The first-order valence-corrected chi connectivity index (χ1v) is 9.17. The van der Waals surface area contributed by atoms with Gasteiger partial charge in [-0.1, -0.05) is 0 Å². The SMILES string of the molecule is COC[C@@H](C)NC(=O)CS(=O)(=O)Cc1cc(C(C)=O)ccc1OC. The van der Waals surface area contributed by atoms with Crippen LogP contribution in [0.25, 0.3) is 0 Å². The number of rotatable bonds is 9. The number of Topliss-reactive ketones (excluding diaryl/α,β-unsaturated/α-hetero) is 1. The van der Waals surface area contributed by atoms with Crippen molar-refractivity contribution in [2.45, 2.75) is 25.6 Å². The van der Waals surface area contributed by atoms with Crippen LogP contribution in [0.4, 0.5) is 0 Å². The van der Waals surface area contributed by atoms with E-state index in [1.165, 1.54) is 27.2 Å². The Morgan fingerprint density at radius 3 is 2.46 bits per heavy atom.